The van der Waals surface area contributed by atoms with E-state index in [1.165, 1.54) is 11.3 Å². The lowest BCUT2D eigenvalue weighted by atomic mass is 10.1. The van der Waals surface area contributed by atoms with E-state index in [9.17, 15) is 9.59 Å². The highest BCUT2D eigenvalue weighted by molar-refractivity contribution is 7.14. The summed E-state index contributed by atoms with van der Waals surface area (Å²) in [5, 5.41) is 5.49. The third kappa shape index (κ3) is 4.33. The maximum Gasteiger partial charge on any atom is 0.266 e. The minimum Gasteiger partial charge on any atom is -0.473 e. The molecular formula is C27H20N2O4S. The molecule has 0 aliphatic rings. The van der Waals surface area contributed by atoms with E-state index in [-0.39, 0.29) is 16.9 Å². The second-order valence-corrected chi connectivity index (χ2v) is 8.46. The van der Waals surface area contributed by atoms with Gasteiger partial charge in [0.2, 0.25) is 11.2 Å². The molecule has 5 rings (SSSR count). The van der Waals surface area contributed by atoms with Crippen LogP contribution < -0.4 is 15.5 Å². The predicted molar refractivity (Wildman–Crippen MR) is 134 cm³/mol. The van der Waals surface area contributed by atoms with Crippen molar-refractivity contribution in [3.63, 3.8) is 0 Å². The highest BCUT2D eigenvalue weighted by atomic mass is 32.1. The van der Waals surface area contributed by atoms with Crippen molar-refractivity contribution < 1.29 is 13.9 Å². The molecule has 0 fully saturated rings. The Labute approximate surface area is 199 Å². The Bertz CT molecular complexity index is 1510. The van der Waals surface area contributed by atoms with Gasteiger partial charge in [0.25, 0.3) is 5.91 Å². The number of para-hydroxylation sites is 1. The summed E-state index contributed by atoms with van der Waals surface area (Å²) in [4.78, 5) is 30.6. The van der Waals surface area contributed by atoms with Gasteiger partial charge in [0.1, 0.15) is 5.58 Å². The van der Waals surface area contributed by atoms with Crippen molar-refractivity contribution in [3.8, 4) is 28.3 Å². The first-order chi connectivity index (χ1) is 16.6. The zero-order valence-electron chi connectivity index (χ0n) is 18.2. The number of benzene rings is 3. The Balaban J connectivity index is 1.42. The van der Waals surface area contributed by atoms with E-state index < -0.39 is 12.0 Å². The van der Waals surface area contributed by atoms with E-state index in [0.717, 1.165) is 11.3 Å². The number of amides is 1. The van der Waals surface area contributed by atoms with Crippen molar-refractivity contribution in [2.45, 2.75) is 13.0 Å². The number of hydrogen-bond donors (Lipinski definition) is 1. The van der Waals surface area contributed by atoms with Gasteiger partial charge in [0.15, 0.2) is 17.0 Å². The van der Waals surface area contributed by atoms with Gasteiger partial charge < -0.3 is 9.15 Å². The normalized spacial score (nSPS) is 11.8. The van der Waals surface area contributed by atoms with Crippen LogP contribution in [0.4, 0.5) is 5.13 Å². The van der Waals surface area contributed by atoms with Gasteiger partial charge in [-0.2, -0.15) is 0 Å². The molecule has 0 saturated carbocycles. The largest absolute Gasteiger partial charge is 0.473 e. The highest BCUT2D eigenvalue weighted by Crippen LogP contribution is 2.31. The summed E-state index contributed by atoms with van der Waals surface area (Å²) in [7, 11) is 0. The molecule has 0 spiro atoms. The molecule has 0 aliphatic heterocycles. The molecule has 3 aromatic carbocycles. The van der Waals surface area contributed by atoms with Gasteiger partial charge in [-0.25, -0.2) is 4.98 Å². The number of nitrogens with zero attached hydrogens (tertiary/aromatic N) is 1. The number of aromatic nitrogens is 1. The van der Waals surface area contributed by atoms with Crippen molar-refractivity contribution in [2.24, 2.45) is 0 Å². The lowest BCUT2D eigenvalue weighted by molar-refractivity contribution is -0.122. The summed E-state index contributed by atoms with van der Waals surface area (Å²) < 4.78 is 12.0. The fraction of sp³-hybridized carbons (Fsp3) is 0.0741. The van der Waals surface area contributed by atoms with Crippen molar-refractivity contribution in [2.75, 3.05) is 5.32 Å². The second kappa shape index (κ2) is 9.33. The Hall–Kier alpha value is -4.23. The first-order valence-electron chi connectivity index (χ1n) is 10.7. The van der Waals surface area contributed by atoms with Gasteiger partial charge in [0.05, 0.1) is 11.1 Å². The molecule has 7 heteroatoms. The Morgan fingerprint density at radius 1 is 0.941 bits per heavy atom. The molecule has 1 unspecified atom stereocenters. The van der Waals surface area contributed by atoms with Gasteiger partial charge in [-0.05, 0) is 19.1 Å². The number of ether oxygens (including phenoxy) is 1. The Morgan fingerprint density at radius 2 is 1.59 bits per heavy atom. The molecule has 0 saturated heterocycles. The highest BCUT2D eigenvalue weighted by Gasteiger charge is 2.23. The predicted octanol–water partition coefficient (Wildman–Crippen LogP) is 5.99. The summed E-state index contributed by atoms with van der Waals surface area (Å²) in [5.74, 6) is -0.137. The second-order valence-electron chi connectivity index (χ2n) is 7.60. The van der Waals surface area contributed by atoms with Gasteiger partial charge in [-0.1, -0.05) is 72.8 Å². The van der Waals surface area contributed by atoms with Gasteiger partial charge >= 0.3 is 0 Å². The van der Waals surface area contributed by atoms with Crippen LogP contribution in [-0.2, 0) is 4.79 Å². The number of nitrogens with one attached hydrogen (secondary N) is 1. The van der Waals surface area contributed by atoms with Gasteiger partial charge in [0, 0.05) is 16.5 Å². The summed E-state index contributed by atoms with van der Waals surface area (Å²) in [6.45, 7) is 1.59. The quantitative estimate of drug-likeness (QED) is 0.331. The molecule has 2 aromatic heterocycles. The molecule has 0 radical (unpaired) electrons. The van der Waals surface area contributed by atoms with Crippen LogP contribution in [0.5, 0.6) is 5.75 Å². The number of carbonyl (C=O) groups excluding carboxylic acids is 1. The minimum atomic E-state index is -0.962. The topological polar surface area (TPSA) is 81.4 Å². The van der Waals surface area contributed by atoms with E-state index in [0.29, 0.717) is 21.7 Å². The Morgan fingerprint density at radius 3 is 2.32 bits per heavy atom. The minimum absolute atomic E-state index is 0.00309. The van der Waals surface area contributed by atoms with E-state index in [2.05, 4.69) is 10.3 Å². The lowest BCUT2D eigenvalue weighted by Gasteiger charge is -2.16. The van der Waals surface area contributed by atoms with E-state index >= 15 is 0 Å². The number of anilines is 1. The van der Waals surface area contributed by atoms with Crippen LogP contribution >= 0.6 is 11.3 Å². The molecular weight excluding hydrogens is 448 g/mol. The summed E-state index contributed by atoms with van der Waals surface area (Å²) >= 11 is 1.32. The van der Waals surface area contributed by atoms with Crippen LogP contribution in [0.1, 0.15) is 6.92 Å². The van der Waals surface area contributed by atoms with Crippen LogP contribution in [0.25, 0.3) is 33.6 Å². The van der Waals surface area contributed by atoms with Crippen LogP contribution in [-0.4, -0.2) is 17.0 Å². The third-order valence-corrected chi connectivity index (χ3v) is 6.02. The first-order valence-corrected chi connectivity index (χ1v) is 11.6. The number of rotatable bonds is 6. The molecule has 168 valence electrons. The third-order valence-electron chi connectivity index (χ3n) is 5.26. The lowest BCUT2D eigenvalue weighted by Crippen LogP contribution is -2.31. The fourth-order valence-corrected chi connectivity index (χ4v) is 4.24. The van der Waals surface area contributed by atoms with Crippen molar-refractivity contribution >= 4 is 33.3 Å². The number of carbonyl (C=O) groups is 1. The van der Waals surface area contributed by atoms with E-state index in [1.807, 2.05) is 66.0 Å². The van der Waals surface area contributed by atoms with Crippen molar-refractivity contribution in [1.82, 2.24) is 4.98 Å². The fourth-order valence-electron chi connectivity index (χ4n) is 3.52. The number of fused-ring (bicyclic) bond motifs is 1. The van der Waals surface area contributed by atoms with Gasteiger partial charge in [-0.15, -0.1) is 11.3 Å². The summed E-state index contributed by atoms with van der Waals surface area (Å²) in [6.07, 6.45) is -0.962. The molecule has 2 heterocycles. The van der Waals surface area contributed by atoms with Crippen molar-refractivity contribution in [1.29, 1.82) is 0 Å². The van der Waals surface area contributed by atoms with Crippen LogP contribution in [0.15, 0.2) is 99.5 Å². The van der Waals surface area contributed by atoms with E-state index in [1.54, 1.807) is 31.2 Å². The molecule has 1 atom stereocenters. The monoisotopic (exact) mass is 468 g/mol. The zero-order valence-corrected chi connectivity index (χ0v) is 19.0. The number of thiazole rings is 1. The SMILES string of the molecule is CC(Oc1c(-c2ccccc2)oc2ccccc2c1=O)C(=O)Nc1nc(-c2ccccc2)cs1. The molecule has 0 bridgehead atoms. The maximum absolute atomic E-state index is 13.3. The van der Waals surface area contributed by atoms with E-state index in [4.69, 9.17) is 9.15 Å². The van der Waals surface area contributed by atoms with Crippen LogP contribution in [0.3, 0.4) is 0 Å². The number of hydrogen-bond acceptors (Lipinski definition) is 6. The Kier molecular flexibility index (Phi) is 5.93. The molecule has 1 amide bonds. The first kappa shape index (κ1) is 21.6. The summed E-state index contributed by atoms with van der Waals surface area (Å²) in [5.41, 5.74) is 2.54. The standard InChI is InChI=1S/C27H20N2O4S/c1-17(26(31)29-27-28-21(16-34-27)18-10-4-2-5-11-18)32-25-23(30)20-14-8-9-15-22(20)33-24(25)19-12-6-3-7-13-19/h2-17H,1H3,(H,28,29,31). The van der Waals surface area contributed by atoms with Crippen LogP contribution in [0.2, 0.25) is 0 Å². The average molecular weight is 469 g/mol. The zero-order chi connectivity index (χ0) is 23.5. The molecule has 34 heavy (non-hydrogen) atoms. The molecule has 0 aliphatic carbocycles. The molecule has 1 N–H and O–H groups in total. The maximum atomic E-state index is 13.3. The average Bonchev–Trinajstić information content (AvgIpc) is 3.35. The summed E-state index contributed by atoms with van der Waals surface area (Å²) in [6, 6.07) is 25.9. The van der Waals surface area contributed by atoms with Gasteiger partial charge in [-0.3, -0.25) is 14.9 Å². The van der Waals surface area contributed by atoms with Crippen molar-refractivity contribution in [3.05, 3.63) is 101 Å². The molecule has 6 nitrogen and oxygen atoms in total. The molecule has 5 aromatic rings. The van der Waals surface area contributed by atoms with Crippen LogP contribution in [0, 0.1) is 0 Å². The smallest absolute Gasteiger partial charge is 0.266 e.